The average Bonchev–Trinajstić information content (AvgIpc) is 2.49. The normalized spacial score (nSPS) is 9.76. The fraction of sp³-hybridized carbons (Fsp3) is 0. The molecule has 2 rings (SSSR count). The van der Waals surface area contributed by atoms with Crippen LogP contribution in [0.4, 0.5) is 11.4 Å². The number of carbonyl (C=O) groups excluding carboxylic acids is 2. The Bertz CT molecular complexity index is 681. The van der Waals surface area contributed by atoms with Crippen LogP contribution in [0.25, 0.3) is 0 Å². The van der Waals surface area contributed by atoms with Crippen molar-refractivity contribution < 1.29 is 9.59 Å². The molecule has 0 aliphatic rings. The Balaban J connectivity index is 2.11. The third kappa shape index (κ3) is 4.42. The Morgan fingerprint density at radius 3 is 2.38 bits per heavy atom. The van der Waals surface area contributed by atoms with E-state index in [1.165, 1.54) is 6.08 Å². The van der Waals surface area contributed by atoms with Crippen LogP contribution in [0.2, 0.25) is 0 Å². The first-order valence-corrected chi connectivity index (χ1v) is 7.27. The number of carbonyl (C=O) groups is 2. The summed E-state index contributed by atoms with van der Waals surface area (Å²) in [6.45, 7) is 3.39. The molecule has 2 aromatic carbocycles. The zero-order chi connectivity index (χ0) is 15.2. The van der Waals surface area contributed by atoms with Crippen LogP contribution in [-0.2, 0) is 4.79 Å². The zero-order valence-corrected chi connectivity index (χ0v) is 13.3. The molecule has 0 aliphatic heterocycles. The van der Waals surface area contributed by atoms with Crippen LogP contribution in [0.5, 0.6) is 0 Å². The van der Waals surface area contributed by atoms with Crippen LogP contribution in [0.1, 0.15) is 10.4 Å². The highest BCUT2D eigenvalue weighted by atomic mass is 127. The molecule has 2 amide bonds. The van der Waals surface area contributed by atoms with Gasteiger partial charge in [-0.2, -0.15) is 0 Å². The summed E-state index contributed by atoms with van der Waals surface area (Å²) in [5.74, 6) is -0.545. The minimum absolute atomic E-state index is 0.231. The fourth-order valence-corrected chi connectivity index (χ4v) is 2.03. The van der Waals surface area contributed by atoms with E-state index in [0.717, 1.165) is 9.26 Å². The van der Waals surface area contributed by atoms with Gasteiger partial charge in [0.05, 0.1) is 0 Å². The van der Waals surface area contributed by atoms with Gasteiger partial charge in [-0.25, -0.2) is 0 Å². The van der Waals surface area contributed by atoms with E-state index in [2.05, 4.69) is 39.8 Å². The van der Waals surface area contributed by atoms with Crippen LogP contribution in [0, 0.1) is 3.57 Å². The molecular weight excluding hydrogens is 379 g/mol. The number of benzene rings is 2. The lowest BCUT2D eigenvalue weighted by Gasteiger charge is -2.07. The monoisotopic (exact) mass is 392 g/mol. The Kier molecular flexibility index (Phi) is 5.10. The highest BCUT2D eigenvalue weighted by Crippen LogP contribution is 2.15. The molecule has 0 aromatic heterocycles. The quantitative estimate of drug-likeness (QED) is 0.616. The van der Waals surface area contributed by atoms with Crippen molar-refractivity contribution >= 4 is 45.8 Å². The van der Waals surface area contributed by atoms with Crippen LogP contribution < -0.4 is 10.6 Å². The van der Waals surface area contributed by atoms with E-state index in [1.807, 2.05) is 24.3 Å². The maximum Gasteiger partial charge on any atom is 0.255 e. The second-order valence-corrected chi connectivity index (χ2v) is 5.48. The van der Waals surface area contributed by atoms with Gasteiger partial charge in [-0.15, -0.1) is 0 Å². The molecule has 0 fully saturated rings. The summed E-state index contributed by atoms with van der Waals surface area (Å²) in [4.78, 5) is 23.4. The SMILES string of the molecule is C=CC(=O)Nc1cccc(C(=O)Nc2ccc(I)cc2)c1. The molecule has 2 aromatic rings. The smallest absolute Gasteiger partial charge is 0.255 e. The molecule has 0 saturated heterocycles. The number of amides is 2. The van der Waals surface area contributed by atoms with E-state index in [9.17, 15) is 9.59 Å². The highest BCUT2D eigenvalue weighted by Gasteiger charge is 2.07. The number of halogens is 1. The van der Waals surface area contributed by atoms with Gasteiger partial charge in [-0.1, -0.05) is 12.6 Å². The van der Waals surface area contributed by atoms with E-state index >= 15 is 0 Å². The van der Waals surface area contributed by atoms with Gasteiger partial charge in [0.2, 0.25) is 5.91 Å². The summed E-state index contributed by atoms with van der Waals surface area (Å²) >= 11 is 2.20. The van der Waals surface area contributed by atoms with Gasteiger partial charge in [0.15, 0.2) is 0 Å². The summed E-state index contributed by atoms with van der Waals surface area (Å²) in [6.07, 6.45) is 1.18. The van der Waals surface area contributed by atoms with E-state index in [-0.39, 0.29) is 11.8 Å². The second kappa shape index (κ2) is 7.03. The number of rotatable bonds is 4. The van der Waals surface area contributed by atoms with Gasteiger partial charge < -0.3 is 10.6 Å². The van der Waals surface area contributed by atoms with Crippen molar-refractivity contribution in [2.24, 2.45) is 0 Å². The molecule has 0 aliphatic carbocycles. The molecule has 0 heterocycles. The van der Waals surface area contributed by atoms with Crippen LogP contribution in [0.3, 0.4) is 0 Å². The van der Waals surface area contributed by atoms with Gasteiger partial charge in [-0.3, -0.25) is 9.59 Å². The van der Waals surface area contributed by atoms with Crippen molar-refractivity contribution in [1.82, 2.24) is 0 Å². The second-order valence-electron chi connectivity index (χ2n) is 4.24. The van der Waals surface area contributed by atoms with Crippen LogP contribution >= 0.6 is 22.6 Å². The van der Waals surface area contributed by atoms with Crippen molar-refractivity contribution in [3.05, 3.63) is 70.3 Å². The molecular formula is C16H13IN2O2. The summed E-state index contributed by atoms with van der Waals surface area (Å²) in [5.41, 5.74) is 1.74. The van der Waals surface area contributed by atoms with Gasteiger partial charge in [0.25, 0.3) is 5.91 Å². The van der Waals surface area contributed by atoms with Crippen LogP contribution in [0.15, 0.2) is 61.2 Å². The maximum atomic E-state index is 12.2. The first-order valence-electron chi connectivity index (χ1n) is 6.19. The van der Waals surface area contributed by atoms with E-state index in [0.29, 0.717) is 11.3 Å². The third-order valence-electron chi connectivity index (χ3n) is 2.68. The minimum atomic E-state index is -0.315. The molecule has 0 spiro atoms. The van der Waals surface area contributed by atoms with E-state index in [1.54, 1.807) is 24.3 Å². The lowest BCUT2D eigenvalue weighted by Crippen LogP contribution is -2.13. The van der Waals surface area contributed by atoms with Crippen molar-refractivity contribution in [2.45, 2.75) is 0 Å². The summed E-state index contributed by atoms with van der Waals surface area (Å²) in [6, 6.07) is 14.2. The molecule has 0 atom stereocenters. The Morgan fingerprint density at radius 2 is 1.71 bits per heavy atom. The Hall–Kier alpha value is -2.15. The molecule has 106 valence electrons. The number of hydrogen-bond donors (Lipinski definition) is 2. The van der Waals surface area contributed by atoms with Crippen molar-refractivity contribution in [1.29, 1.82) is 0 Å². The largest absolute Gasteiger partial charge is 0.323 e. The number of anilines is 2. The van der Waals surface area contributed by atoms with Crippen molar-refractivity contribution in [3.8, 4) is 0 Å². The van der Waals surface area contributed by atoms with Crippen LogP contribution in [-0.4, -0.2) is 11.8 Å². The number of hydrogen-bond acceptors (Lipinski definition) is 2. The van der Waals surface area contributed by atoms with Crippen molar-refractivity contribution in [2.75, 3.05) is 10.6 Å². The lowest BCUT2D eigenvalue weighted by atomic mass is 10.2. The van der Waals surface area contributed by atoms with Gasteiger partial charge >= 0.3 is 0 Å². The molecule has 4 nitrogen and oxygen atoms in total. The number of nitrogens with one attached hydrogen (secondary N) is 2. The van der Waals surface area contributed by atoms with E-state index < -0.39 is 0 Å². The topological polar surface area (TPSA) is 58.2 Å². The van der Waals surface area contributed by atoms with Crippen molar-refractivity contribution in [3.63, 3.8) is 0 Å². The maximum absolute atomic E-state index is 12.2. The molecule has 2 N–H and O–H groups in total. The molecule has 21 heavy (non-hydrogen) atoms. The highest BCUT2D eigenvalue weighted by molar-refractivity contribution is 14.1. The molecule has 0 saturated carbocycles. The van der Waals surface area contributed by atoms with Gasteiger partial charge in [-0.05, 0) is 71.1 Å². The molecule has 0 bridgehead atoms. The third-order valence-corrected chi connectivity index (χ3v) is 3.40. The predicted octanol–water partition coefficient (Wildman–Crippen LogP) is 3.67. The first-order chi connectivity index (χ1) is 10.1. The molecule has 0 unspecified atom stereocenters. The standard InChI is InChI=1S/C16H13IN2O2/c1-2-15(20)18-14-5-3-4-11(10-14)16(21)19-13-8-6-12(17)7-9-13/h2-10H,1H2,(H,18,20)(H,19,21). The Labute approximate surface area is 136 Å². The first kappa shape index (κ1) is 15.2. The predicted molar refractivity (Wildman–Crippen MR) is 92.4 cm³/mol. The molecule has 5 heteroatoms. The van der Waals surface area contributed by atoms with Gasteiger partial charge in [0.1, 0.15) is 0 Å². The summed E-state index contributed by atoms with van der Waals surface area (Å²) in [7, 11) is 0. The summed E-state index contributed by atoms with van der Waals surface area (Å²) in [5, 5.41) is 5.43. The fourth-order valence-electron chi connectivity index (χ4n) is 1.67. The lowest BCUT2D eigenvalue weighted by molar-refractivity contribution is -0.111. The summed E-state index contributed by atoms with van der Waals surface area (Å²) < 4.78 is 1.10. The average molecular weight is 392 g/mol. The minimum Gasteiger partial charge on any atom is -0.323 e. The van der Waals surface area contributed by atoms with E-state index in [4.69, 9.17) is 0 Å². The zero-order valence-electron chi connectivity index (χ0n) is 11.1. The molecule has 0 radical (unpaired) electrons. The van der Waals surface area contributed by atoms with Gasteiger partial charge in [0, 0.05) is 20.5 Å². The Morgan fingerprint density at radius 1 is 1.00 bits per heavy atom.